The summed E-state index contributed by atoms with van der Waals surface area (Å²) in [6.45, 7) is 1.78. The molecule has 3 aromatic carbocycles. The van der Waals surface area contributed by atoms with Crippen molar-refractivity contribution in [2.75, 3.05) is 32.8 Å². The minimum atomic E-state index is -1.76. The van der Waals surface area contributed by atoms with E-state index < -0.39 is 29.4 Å². The van der Waals surface area contributed by atoms with Gasteiger partial charge in [-0.25, -0.2) is 0 Å². The number of esters is 1. The molecule has 0 spiro atoms. The number of hydrogen-bond acceptors (Lipinski definition) is 8. The fourth-order valence-electron chi connectivity index (χ4n) is 6.03. The van der Waals surface area contributed by atoms with Crippen LogP contribution in [0.1, 0.15) is 34.3 Å². The molecular formula is C32H29BrN2O6. The lowest BCUT2D eigenvalue weighted by Gasteiger charge is -2.36. The van der Waals surface area contributed by atoms with E-state index >= 15 is 0 Å². The zero-order chi connectivity index (χ0) is 29.3. The third-order valence-electron chi connectivity index (χ3n) is 7.82. The van der Waals surface area contributed by atoms with Crippen molar-refractivity contribution >= 4 is 39.4 Å². The van der Waals surface area contributed by atoms with Crippen molar-refractivity contribution in [2.24, 2.45) is 5.41 Å². The molecule has 2 aliphatic rings. The molecular weight excluding hydrogens is 588 g/mol. The molecule has 1 saturated heterocycles. The second-order valence-electron chi connectivity index (χ2n) is 9.72. The molecule has 5 rings (SSSR count). The Balaban J connectivity index is 1.82. The zero-order valence-corrected chi connectivity index (χ0v) is 24.7. The highest BCUT2D eigenvalue weighted by atomic mass is 79.9. The van der Waals surface area contributed by atoms with Crippen molar-refractivity contribution in [2.45, 2.75) is 24.9 Å². The molecule has 0 unspecified atom stereocenters. The summed E-state index contributed by atoms with van der Waals surface area (Å²) in [5.41, 5.74) is 0.836. The minimum absolute atomic E-state index is 0.0813. The molecule has 0 N–H and O–H groups in total. The number of anilines is 1. The smallest absolute Gasteiger partial charge is 0.329 e. The second kappa shape index (κ2) is 11.3. The van der Waals surface area contributed by atoms with Gasteiger partial charge < -0.3 is 23.8 Å². The summed E-state index contributed by atoms with van der Waals surface area (Å²) in [6, 6.07) is 18.6. The lowest BCUT2D eigenvalue weighted by atomic mass is 9.68. The highest BCUT2D eigenvalue weighted by Gasteiger charge is 2.67. The largest absolute Gasteiger partial charge is 0.496 e. The maximum Gasteiger partial charge on any atom is 0.329 e. The number of Topliss-reactive ketones (excluding diaryl/α,β-unsaturated/α-hetero) is 1. The van der Waals surface area contributed by atoms with E-state index in [0.717, 1.165) is 11.3 Å². The number of carbonyl (C=O) groups is 2. The first-order valence-corrected chi connectivity index (χ1v) is 13.9. The SMILES string of the molecule is CCOC(=O)[C@]1(C#N)[C@H](c2ccc(OC)c(OC)c2)[C@H](C(=O)c2ccc(OC)c(Br)c2)N2c3ccccc3C=C[C@H]21. The van der Waals surface area contributed by atoms with Gasteiger partial charge in [-0.15, -0.1) is 0 Å². The molecule has 41 heavy (non-hydrogen) atoms. The van der Waals surface area contributed by atoms with E-state index in [1.54, 1.807) is 50.4 Å². The lowest BCUT2D eigenvalue weighted by molar-refractivity contribution is -0.152. The van der Waals surface area contributed by atoms with Gasteiger partial charge in [0.1, 0.15) is 11.8 Å². The van der Waals surface area contributed by atoms with Crippen molar-refractivity contribution in [1.82, 2.24) is 0 Å². The predicted octanol–water partition coefficient (Wildman–Crippen LogP) is 5.80. The quantitative estimate of drug-likeness (QED) is 0.231. The maximum atomic E-state index is 14.7. The number of carbonyl (C=O) groups excluding carboxylic acids is 2. The number of methoxy groups -OCH3 is 3. The molecule has 0 aliphatic carbocycles. The summed E-state index contributed by atoms with van der Waals surface area (Å²) in [7, 11) is 4.59. The van der Waals surface area contributed by atoms with Gasteiger partial charge in [-0.1, -0.05) is 36.4 Å². The maximum absolute atomic E-state index is 14.7. The van der Waals surface area contributed by atoms with E-state index in [1.807, 2.05) is 41.3 Å². The van der Waals surface area contributed by atoms with Gasteiger partial charge in [0.2, 0.25) is 0 Å². The molecule has 0 amide bonds. The van der Waals surface area contributed by atoms with Crippen molar-refractivity contribution in [3.05, 3.63) is 87.9 Å². The molecule has 3 aromatic rings. The Kier molecular flexibility index (Phi) is 7.78. The van der Waals surface area contributed by atoms with Crippen LogP contribution in [-0.2, 0) is 9.53 Å². The number of fused-ring (bicyclic) bond motifs is 3. The summed E-state index contributed by atoms with van der Waals surface area (Å²) in [5.74, 6) is -0.401. The topological polar surface area (TPSA) is 98.1 Å². The highest BCUT2D eigenvalue weighted by Crippen LogP contribution is 2.57. The van der Waals surface area contributed by atoms with Crippen LogP contribution in [0.2, 0.25) is 0 Å². The van der Waals surface area contributed by atoms with Crippen molar-refractivity contribution < 1.29 is 28.5 Å². The fraction of sp³-hybridized carbons (Fsp3) is 0.281. The summed E-state index contributed by atoms with van der Waals surface area (Å²) >= 11 is 3.49. The predicted molar refractivity (Wildman–Crippen MR) is 158 cm³/mol. The van der Waals surface area contributed by atoms with Gasteiger partial charge in [0, 0.05) is 17.2 Å². The van der Waals surface area contributed by atoms with Gasteiger partial charge in [0.15, 0.2) is 22.7 Å². The van der Waals surface area contributed by atoms with E-state index in [4.69, 9.17) is 18.9 Å². The Labute approximate surface area is 247 Å². The van der Waals surface area contributed by atoms with E-state index in [-0.39, 0.29) is 12.4 Å². The van der Waals surface area contributed by atoms with Crippen LogP contribution in [0, 0.1) is 16.7 Å². The molecule has 0 saturated carbocycles. The van der Waals surface area contributed by atoms with Crippen molar-refractivity contribution in [3.8, 4) is 23.3 Å². The van der Waals surface area contributed by atoms with Crippen LogP contribution in [-0.4, -0.2) is 51.8 Å². The Bertz CT molecular complexity index is 1580. The number of hydrogen-bond donors (Lipinski definition) is 0. The number of ether oxygens (including phenoxy) is 4. The Hall–Kier alpha value is -4.29. The normalized spacial score (nSPS) is 22.2. The van der Waals surface area contributed by atoms with Crippen LogP contribution in [0.25, 0.3) is 6.08 Å². The van der Waals surface area contributed by atoms with Crippen molar-refractivity contribution in [3.63, 3.8) is 0 Å². The average molecular weight is 617 g/mol. The fourth-order valence-corrected chi connectivity index (χ4v) is 6.57. The van der Waals surface area contributed by atoms with E-state index in [1.165, 1.54) is 14.2 Å². The summed E-state index contributed by atoms with van der Waals surface area (Å²) in [5, 5.41) is 10.9. The summed E-state index contributed by atoms with van der Waals surface area (Å²) < 4.78 is 22.6. The molecule has 9 heteroatoms. The van der Waals surface area contributed by atoms with Gasteiger partial charge in [-0.2, -0.15) is 5.26 Å². The number of halogens is 1. The highest BCUT2D eigenvalue weighted by molar-refractivity contribution is 9.10. The van der Waals surface area contributed by atoms with Crippen LogP contribution in [0.3, 0.4) is 0 Å². The number of para-hydroxylation sites is 1. The molecule has 210 valence electrons. The molecule has 0 aromatic heterocycles. The Morgan fingerprint density at radius 3 is 2.34 bits per heavy atom. The monoisotopic (exact) mass is 616 g/mol. The Morgan fingerprint density at radius 2 is 1.68 bits per heavy atom. The van der Waals surface area contributed by atoms with E-state index in [0.29, 0.717) is 32.8 Å². The van der Waals surface area contributed by atoms with Gasteiger partial charge in [-0.3, -0.25) is 9.59 Å². The standard InChI is InChI=1S/C32H29BrN2O6/c1-5-41-31(37)32(18-34)27-15-12-19-8-6-7-9-23(19)35(27)29(30(36)21-11-13-24(38-2)22(33)16-21)28(32)20-10-14-25(39-3)26(17-20)40-4/h6-17,27-29H,5H2,1-4H3/t27-,28+,29+,32-/m0/s1. The van der Waals surface area contributed by atoms with Crippen LogP contribution in [0.5, 0.6) is 17.2 Å². The molecule has 4 atom stereocenters. The first kappa shape index (κ1) is 28.2. The van der Waals surface area contributed by atoms with Crippen LogP contribution < -0.4 is 19.1 Å². The van der Waals surface area contributed by atoms with Crippen LogP contribution in [0.15, 0.2) is 71.2 Å². The van der Waals surface area contributed by atoms with Gasteiger partial charge in [0.25, 0.3) is 0 Å². The van der Waals surface area contributed by atoms with Gasteiger partial charge in [0.05, 0.1) is 44.5 Å². The first-order valence-electron chi connectivity index (χ1n) is 13.1. The average Bonchev–Trinajstić information content (AvgIpc) is 3.32. The molecule has 0 radical (unpaired) electrons. The number of nitrogens with zero attached hydrogens (tertiary/aromatic N) is 2. The Morgan fingerprint density at radius 1 is 0.976 bits per heavy atom. The second-order valence-corrected chi connectivity index (χ2v) is 10.6. The lowest BCUT2D eigenvalue weighted by Crippen LogP contribution is -2.47. The van der Waals surface area contributed by atoms with Gasteiger partial charge >= 0.3 is 5.97 Å². The third kappa shape index (κ3) is 4.43. The third-order valence-corrected chi connectivity index (χ3v) is 8.43. The number of ketones is 1. The van der Waals surface area contributed by atoms with E-state index in [2.05, 4.69) is 22.0 Å². The van der Waals surface area contributed by atoms with Crippen LogP contribution in [0.4, 0.5) is 5.69 Å². The number of rotatable bonds is 8. The molecule has 8 nitrogen and oxygen atoms in total. The molecule has 2 aliphatic heterocycles. The molecule has 0 bridgehead atoms. The molecule has 2 heterocycles. The molecule has 1 fully saturated rings. The number of benzene rings is 3. The minimum Gasteiger partial charge on any atom is -0.496 e. The zero-order valence-electron chi connectivity index (χ0n) is 23.1. The summed E-state index contributed by atoms with van der Waals surface area (Å²) in [6.07, 6.45) is 3.72. The van der Waals surface area contributed by atoms with Crippen molar-refractivity contribution in [1.29, 1.82) is 5.26 Å². The van der Waals surface area contributed by atoms with Crippen LogP contribution >= 0.6 is 15.9 Å². The van der Waals surface area contributed by atoms with E-state index in [9.17, 15) is 14.9 Å². The van der Waals surface area contributed by atoms with Gasteiger partial charge in [-0.05, 0) is 70.4 Å². The number of nitriles is 1. The summed E-state index contributed by atoms with van der Waals surface area (Å²) in [4.78, 5) is 30.5. The first-order chi connectivity index (χ1) is 19.9.